The molecule has 9 heteroatoms. The zero-order valence-corrected chi connectivity index (χ0v) is 20.0. The van der Waals surface area contributed by atoms with Crippen LogP contribution in [0.3, 0.4) is 0 Å². The Labute approximate surface area is 202 Å². The zero-order chi connectivity index (χ0) is 24.7. The molecule has 8 nitrogen and oxygen atoms in total. The van der Waals surface area contributed by atoms with Crippen LogP contribution >= 0.6 is 0 Å². The maximum atomic E-state index is 13.5. The van der Waals surface area contributed by atoms with Crippen LogP contribution < -0.4 is 15.6 Å². The average Bonchev–Trinajstić information content (AvgIpc) is 3.41. The van der Waals surface area contributed by atoms with Crippen molar-refractivity contribution in [1.82, 2.24) is 14.3 Å². The fraction of sp³-hybridized carbons (Fsp3) is 0.500. The van der Waals surface area contributed by atoms with Crippen molar-refractivity contribution in [3.63, 3.8) is 0 Å². The number of aromatic nitrogens is 3. The van der Waals surface area contributed by atoms with Crippen molar-refractivity contribution in [2.24, 2.45) is 5.92 Å². The highest BCUT2D eigenvalue weighted by molar-refractivity contribution is 6.08. The van der Waals surface area contributed by atoms with E-state index in [4.69, 9.17) is 9.84 Å². The number of benzene rings is 1. The third-order valence-electron chi connectivity index (χ3n) is 6.94. The van der Waals surface area contributed by atoms with Crippen molar-refractivity contribution in [3.8, 4) is 5.75 Å². The van der Waals surface area contributed by atoms with Crippen molar-refractivity contribution in [3.05, 3.63) is 52.6 Å². The van der Waals surface area contributed by atoms with E-state index in [0.717, 1.165) is 36.6 Å². The Balaban J connectivity index is 1.44. The van der Waals surface area contributed by atoms with Crippen molar-refractivity contribution in [2.75, 3.05) is 11.9 Å². The molecule has 2 N–H and O–H groups in total. The van der Waals surface area contributed by atoms with Gasteiger partial charge in [-0.1, -0.05) is 0 Å². The summed E-state index contributed by atoms with van der Waals surface area (Å²) >= 11 is 0. The number of aliphatic hydroxyl groups excluding tert-OH is 1. The number of ether oxygens (including phenoxy) is 1. The van der Waals surface area contributed by atoms with Crippen molar-refractivity contribution >= 4 is 22.5 Å². The zero-order valence-electron chi connectivity index (χ0n) is 20.0. The van der Waals surface area contributed by atoms with E-state index in [1.54, 1.807) is 24.4 Å². The molecule has 2 atom stereocenters. The van der Waals surface area contributed by atoms with Crippen molar-refractivity contribution < 1.29 is 19.0 Å². The number of carbonyl (C=O) groups is 1. The summed E-state index contributed by atoms with van der Waals surface area (Å²) in [5.74, 6) is 0.276. The standard InChI is InChI=1S/C26H31FN4O4/c1-15(2)35-24-12-22-17(13-31(29-22)18-7-5-16(14-32)6-8-18)10-19(24)25(33)28-21-4-3-9-30(26(21)34)23-11-20(23)27/h3-4,9-10,12-13,15-16,18,20,23,32H,5-8,11,14H2,1-2H3,(H,28,33)/t16?,18?,20-,23?/m0/s1. The van der Waals surface area contributed by atoms with Gasteiger partial charge in [-0.25, -0.2) is 4.39 Å². The van der Waals surface area contributed by atoms with Gasteiger partial charge in [0.2, 0.25) is 0 Å². The fourth-order valence-corrected chi connectivity index (χ4v) is 4.88. The van der Waals surface area contributed by atoms with Crippen LogP contribution in [-0.2, 0) is 0 Å². The molecule has 2 aliphatic carbocycles. The van der Waals surface area contributed by atoms with Crippen LogP contribution in [0.25, 0.3) is 10.9 Å². The molecular formula is C26H31FN4O4. The van der Waals surface area contributed by atoms with E-state index in [2.05, 4.69) is 5.32 Å². The van der Waals surface area contributed by atoms with Gasteiger partial charge in [0.25, 0.3) is 11.5 Å². The molecule has 0 radical (unpaired) electrons. The van der Waals surface area contributed by atoms with Gasteiger partial charge in [-0.15, -0.1) is 0 Å². The van der Waals surface area contributed by atoms with Crippen LogP contribution in [-0.4, -0.2) is 44.2 Å². The van der Waals surface area contributed by atoms with Crippen molar-refractivity contribution in [2.45, 2.75) is 70.3 Å². The Morgan fingerprint density at radius 2 is 2.03 bits per heavy atom. The van der Waals surface area contributed by atoms with Gasteiger partial charge in [-0.2, -0.15) is 5.10 Å². The molecule has 0 spiro atoms. The molecule has 0 aliphatic heterocycles. The molecule has 2 aromatic heterocycles. The third kappa shape index (κ3) is 4.82. The number of halogens is 1. The van der Waals surface area contributed by atoms with Gasteiger partial charge in [0.15, 0.2) is 0 Å². The van der Waals surface area contributed by atoms with Gasteiger partial charge in [-0.05, 0) is 63.6 Å². The lowest BCUT2D eigenvalue weighted by Crippen LogP contribution is -2.26. The molecule has 2 fully saturated rings. The van der Waals surface area contributed by atoms with Gasteiger partial charge in [0, 0.05) is 36.9 Å². The number of anilines is 1. The lowest BCUT2D eigenvalue weighted by Gasteiger charge is -2.27. The van der Waals surface area contributed by atoms with Gasteiger partial charge in [0.1, 0.15) is 17.6 Å². The SMILES string of the molecule is CC(C)Oc1cc2nn(C3CCC(CO)CC3)cc2cc1C(=O)Nc1cccn(C2C[C@@H]2F)c1=O. The van der Waals surface area contributed by atoms with Gasteiger partial charge in [0.05, 0.1) is 29.3 Å². The summed E-state index contributed by atoms with van der Waals surface area (Å²) < 4.78 is 22.7. The normalized spacial score (nSPS) is 24.0. The third-order valence-corrected chi connectivity index (χ3v) is 6.94. The Kier molecular flexibility index (Phi) is 6.35. The molecule has 1 unspecified atom stereocenters. The molecule has 2 aliphatic rings. The van der Waals surface area contributed by atoms with E-state index in [1.165, 1.54) is 10.6 Å². The Morgan fingerprint density at radius 3 is 2.69 bits per heavy atom. The second kappa shape index (κ2) is 9.45. The fourth-order valence-electron chi connectivity index (χ4n) is 4.88. The smallest absolute Gasteiger partial charge is 0.274 e. The largest absolute Gasteiger partial charge is 0.490 e. The van der Waals surface area contributed by atoms with E-state index < -0.39 is 23.7 Å². The molecular weight excluding hydrogens is 451 g/mol. The molecule has 1 amide bonds. The van der Waals surface area contributed by atoms with Crippen LogP contribution in [0, 0.1) is 5.92 Å². The molecule has 35 heavy (non-hydrogen) atoms. The van der Waals surface area contributed by atoms with E-state index in [0.29, 0.717) is 23.7 Å². The van der Waals surface area contributed by atoms with Gasteiger partial charge < -0.3 is 19.7 Å². The molecule has 2 heterocycles. The molecule has 5 rings (SSSR count). The number of alkyl halides is 1. The number of nitrogens with one attached hydrogen (secondary N) is 1. The highest BCUT2D eigenvalue weighted by atomic mass is 19.1. The summed E-state index contributed by atoms with van der Waals surface area (Å²) in [7, 11) is 0. The van der Waals surface area contributed by atoms with Gasteiger partial charge in [-0.3, -0.25) is 14.3 Å². The summed E-state index contributed by atoms with van der Waals surface area (Å²) in [5, 5.41) is 17.7. The summed E-state index contributed by atoms with van der Waals surface area (Å²) in [5.41, 5.74) is 0.707. The molecule has 0 saturated heterocycles. The first-order chi connectivity index (χ1) is 16.8. The second-order valence-electron chi connectivity index (χ2n) is 9.95. The summed E-state index contributed by atoms with van der Waals surface area (Å²) in [6.45, 7) is 3.98. The summed E-state index contributed by atoms with van der Waals surface area (Å²) in [6.07, 6.45) is 6.43. The highest BCUT2D eigenvalue weighted by Crippen LogP contribution is 2.38. The minimum absolute atomic E-state index is 0.100. The summed E-state index contributed by atoms with van der Waals surface area (Å²) in [6, 6.07) is 6.45. The van der Waals surface area contributed by atoms with Crippen molar-refractivity contribution in [1.29, 1.82) is 0 Å². The predicted octanol–water partition coefficient (Wildman–Crippen LogP) is 4.24. The van der Waals surface area contributed by atoms with Crippen LogP contribution in [0.4, 0.5) is 10.1 Å². The van der Waals surface area contributed by atoms with E-state index >= 15 is 0 Å². The minimum Gasteiger partial charge on any atom is -0.490 e. The average molecular weight is 483 g/mol. The lowest BCUT2D eigenvalue weighted by molar-refractivity contribution is 0.102. The summed E-state index contributed by atoms with van der Waals surface area (Å²) in [4.78, 5) is 26.1. The van der Waals surface area contributed by atoms with Crippen LogP contribution in [0.2, 0.25) is 0 Å². The number of aliphatic hydroxyl groups is 1. The number of fused-ring (bicyclic) bond motifs is 1. The van der Waals surface area contributed by atoms with E-state index in [1.807, 2.05) is 24.7 Å². The first-order valence-electron chi connectivity index (χ1n) is 12.3. The molecule has 2 saturated carbocycles. The maximum absolute atomic E-state index is 13.5. The minimum atomic E-state index is -1.03. The first-order valence-corrected chi connectivity index (χ1v) is 12.3. The lowest BCUT2D eigenvalue weighted by atomic mass is 9.87. The van der Waals surface area contributed by atoms with E-state index in [9.17, 15) is 19.1 Å². The number of pyridine rings is 1. The Morgan fingerprint density at radius 1 is 1.29 bits per heavy atom. The van der Waals surface area contributed by atoms with Crippen LogP contribution in [0.15, 0.2) is 41.5 Å². The quantitative estimate of drug-likeness (QED) is 0.525. The predicted molar refractivity (Wildman–Crippen MR) is 131 cm³/mol. The molecule has 186 valence electrons. The molecule has 3 aromatic rings. The maximum Gasteiger partial charge on any atom is 0.274 e. The van der Waals surface area contributed by atoms with Gasteiger partial charge >= 0.3 is 0 Å². The second-order valence-corrected chi connectivity index (χ2v) is 9.95. The number of rotatable bonds is 7. The number of nitrogens with zero attached hydrogens (tertiary/aromatic N) is 3. The monoisotopic (exact) mass is 482 g/mol. The number of carbonyl (C=O) groups excluding carboxylic acids is 1. The Bertz CT molecular complexity index is 1290. The molecule has 1 aromatic carbocycles. The Hall–Kier alpha value is -3.20. The number of hydrogen-bond acceptors (Lipinski definition) is 5. The van der Waals surface area contributed by atoms with Crippen LogP contribution in [0.5, 0.6) is 5.75 Å². The van der Waals surface area contributed by atoms with E-state index in [-0.39, 0.29) is 24.4 Å². The topological polar surface area (TPSA) is 98.4 Å². The molecule has 0 bridgehead atoms. The number of amides is 1. The first kappa shape index (κ1) is 23.5. The van der Waals surface area contributed by atoms with Crippen LogP contribution in [0.1, 0.15) is 68.4 Å². The number of hydrogen-bond donors (Lipinski definition) is 2. The highest BCUT2D eigenvalue weighted by Gasteiger charge is 2.40.